The van der Waals surface area contributed by atoms with E-state index in [1.54, 1.807) is 12.1 Å². The SMILES string of the molecule is O=C(COc1ccccc1)Nc1nonc1-c1ccc2c(c1)CCCC2. The first kappa shape index (κ1) is 16.3. The number of nitrogens with zero attached hydrogens (tertiary/aromatic N) is 2. The third-order valence-corrected chi connectivity index (χ3v) is 4.48. The fraction of sp³-hybridized carbons (Fsp3) is 0.250. The van der Waals surface area contributed by atoms with Crippen LogP contribution in [0.4, 0.5) is 5.82 Å². The summed E-state index contributed by atoms with van der Waals surface area (Å²) in [5.74, 6) is 0.627. The highest BCUT2D eigenvalue weighted by Gasteiger charge is 2.17. The molecule has 6 heteroatoms. The van der Waals surface area contributed by atoms with E-state index in [-0.39, 0.29) is 12.5 Å². The second kappa shape index (κ2) is 7.39. The number of carbonyl (C=O) groups is 1. The predicted molar refractivity (Wildman–Crippen MR) is 96.9 cm³/mol. The van der Waals surface area contributed by atoms with Gasteiger partial charge in [0.05, 0.1) is 0 Å². The fourth-order valence-corrected chi connectivity index (χ4v) is 3.17. The normalized spacial score (nSPS) is 13.1. The Bertz CT molecular complexity index is 906. The van der Waals surface area contributed by atoms with Crippen LogP contribution in [0.5, 0.6) is 5.75 Å². The van der Waals surface area contributed by atoms with Crippen LogP contribution in [0.15, 0.2) is 53.2 Å². The Balaban J connectivity index is 1.46. The van der Waals surface area contributed by atoms with E-state index in [0.717, 1.165) is 18.4 Å². The van der Waals surface area contributed by atoms with Crippen molar-refractivity contribution < 1.29 is 14.2 Å². The maximum Gasteiger partial charge on any atom is 0.263 e. The van der Waals surface area contributed by atoms with Gasteiger partial charge in [0.1, 0.15) is 5.75 Å². The highest BCUT2D eigenvalue weighted by atomic mass is 16.6. The number of benzene rings is 2. The van der Waals surface area contributed by atoms with Crippen LogP contribution in [0, 0.1) is 0 Å². The molecular formula is C20H19N3O3. The van der Waals surface area contributed by atoms with Crippen molar-refractivity contribution in [3.63, 3.8) is 0 Å². The summed E-state index contributed by atoms with van der Waals surface area (Å²) >= 11 is 0. The average Bonchev–Trinajstić information content (AvgIpc) is 3.15. The Hall–Kier alpha value is -3.15. The number of aromatic nitrogens is 2. The quantitative estimate of drug-likeness (QED) is 0.761. The molecule has 0 aliphatic heterocycles. The van der Waals surface area contributed by atoms with Gasteiger partial charge in [-0.2, -0.15) is 0 Å². The lowest BCUT2D eigenvalue weighted by atomic mass is 9.90. The zero-order valence-corrected chi connectivity index (χ0v) is 14.3. The zero-order chi connectivity index (χ0) is 17.8. The monoisotopic (exact) mass is 349 g/mol. The lowest BCUT2D eigenvalue weighted by Gasteiger charge is -2.16. The van der Waals surface area contributed by atoms with Gasteiger partial charge in [-0.3, -0.25) is 4.79 Å². The largest absolute Gasteiger partial charge is 0.484 e. The molecule has 1 aliphatic rings. The van der Waals surface area contributed by atoms with Crippen LogP contribution in [0.2, 0.25) is 0 Å². The summed E-state index contributed by atoms with van der Waals surface area (Å²) in [7, 11) is 0. The molecule has 0 spiro atoms. The molecule has 2 aromatic carbocycles. The van der Waals surface area contributed by atoms with E-state index in [0.29, 0.717) is 17.3 Å². The number of para-hydroxylation sites is 1. The number of amides is 1. The van der Waals surface area contributed by atoms with Gasteiger partial charge >= 0.3 is 0 Å². The molecule has 0 fully saturated rings. The lowest BCUT2D eigenvalue weighted by molar-refractivity contribution is -0.118. The van der Waals surface area contributed by atoms with Crippen molar-refractivity contribution in [2.45, 2.75) is 25.7 Å². The minimum absolute atomic E-state index is 0.111. The zero-order valence-electron chi connectivity index (χ0n) is 14.3. The van der Waals surface area contributed by atoms with E-state index in [9.17, 15) is 4.79 Å². The first-order valence-electron chi connectivity index (χ1n) is 8.72. The molecule has 1 N–H and O–H groups in total. The summed E-state index contributed by atoms with van der Waals surface area (Å²) in [6, 6.07) is 15.4. The van der Waals surface area contributed by atoms with Crippen LogP contribution in [0.3, 0.4) is 0 Å². The second-order valence-electron chi connectivity index (χ2n) is 6.30. The van der Waals surface area contributed by atoms with Crippen molar-refractivity contribution in [2.24, 2.45) is 0 Å². The lowest BCUT2D eigenvalue weighted by Crippen LogP contribution is -2.20. The van der Waals surface area contributed by atoms with E-state index in [1.165, 1.54) is 24.0 Å². The molecule has 0 atom stereocenters. The second-order valence-corrected chi connectivity index (χ2v) is 6.30. The van der Waals surface area contributed by atoms with E-state index in [4.69, 9.17) is 9.37 Å². The number of anilines is 1. The number of nitrogens with one attached hydrogen (secondary N) is 1. The van der Waals surface area contributed by atoms with Crippen LogP contribution in [0.1, 0.15) is 24.0 Å². The minimum atomic E-state index is -0.316. The summed E-state index contributed by atoms with van der Waals surface area (Å²) in [6.07, 6.45) is 4.63. The van der Waals surface area contributed by atoms with Gasteiger partial charge in [0.2, 0.25) is 5.82 Å². The number of hydrogen-bond acceptors (Lipinski definition) is 5. The number of ether oxygens (including phenoxy) is 1. The molecular weight excluding hydrogens is 330 g/mol. The third kappa shape index (κ3) is 3.59. The maximum atomic E-state index is 12.2. The van der Waals surface area contributed by atoms with Crippen molar-refractivity contribution in [3.8, 4) is 17.0 Å². The van der Waals surface area contributed by atoms with Gasteiger partial charge in [0, 0.05) is 5.56 Å². The molecule has 3 aromatic rings. The summed E-state index contributed by atoms with van der Waals surface area (Å²) < 4.78 is 10.3. The minimum Gasteiger partial charge on any atom is -0.484 e. The molecule has 132 valence electrons. The van der Waals surface area contributed by atoms with Crippen LogP contribution in [-0.4, -0.2) is 22.8 Å². The van der Waals surface area contributed by atoms with Gasteiger partial charge in [-0.25, -0.2) is 4.63 Å². The van der Waals surface area contributed by atoms with Crippen molar-refractivity contribution >= 4 is 11.7 Å². The van der Waals surface area contributed by atoms with Crippen molar-refractivity contribution in [3.05, 3.63) is 59.7 Å². The Morgan fingerprint density at radius 1 is 1.04 bits per heavy atom. The summed E-state index contributed by atoms with van der Waals surface area (Å²) in [6.45, 7) is -0.111. The smallest absolute Gasteiger partial charge is 0.263 e. The number of carbonyl (C=O) groups excluding carboxylic acids is 1. The topological polar surface area (TPSA) is 77.2 Å². The molecule has 0 unspecified atom stereocenters. The Morgan fingerprint density at radius 2 is 1.85 bits per heavy atom. The van der Waals surface area contributed by atoms with Crippen LogP contribution in [-0.2, 0) is 17.6 Å². The molecule has 0 saturated carbocycles. The molecule has 26 heavy (non-hydrogen) atoms. The molecule has 1 aromatic heterocycles. The molecule has 1 aliphatic carbocycles. The van der Waals surface area contributed by atoms with Gasteiger partial charge in [-0.15, -0.1) is 0 Å². The predicted octanol–water partition coefficient (Wildman–Crippen LogP) is 3.63. The number of fused-ring (bicyclic) bond motifs is 1. The highest BCUT2D eigenvalue weighted by Crippen LogP contribution is 2.29. The first-order valence-corrected chi connectivity index (χ1v) is 8.72. The summed E-state index contributed by atoms with van der Waals surface area (Å²) in [5.41, 5.74) is 4.15. The van der Waals surface area contributed by atoms with Crippen LogP contribution < -0.4 is 10.1 Å². The van der Waals surface area contributed by atoms with Crippen LogP contribution in [0.25, 0.3) is 11.3 Å². The number of aryl methyl sites for hydroxylation is 2. The molecule has 6 nitrogen and oxygen atoms in total. The summed E-state index contributed by atoms with van der Waals surface area (Å²) in [4.78, 5) is 12.2. The molecule has 4 rings (SSSR count). The Morgan fingerprint density at radius 3 is 2.69 bits per heavy atom. The van der Waals surface area contributed by atoms with Crippen molar-refractivity contribution in [1.29, 1.82) is 0 Å². The fourth-order valence-electron chi connectivity index (χ4n) is 3.17. The van der Waals surface area contributed by atoms with Gasteiger partial charge in [-0.1, -0.05) is 30.3 Å². The highest BCUT2D eigenvalue weighted by molar-refractivity contribution is 5.94. The molecule has 0 radical (unpaired) electrons. The van der Waals surface area contributed by atoms with Gasteiger partial charge in [-0.05, 0) is 65.3 Å². The van der Waals surface area contributed by atoms with E-state index in [2.05, 4.69) is 27.8 Å². The molecule has 0 bridgehead atoms. The van der Waals surface area contributed by atoms with Gasteiger partial charge in [0.15, 0.2) is 12.3 Å². The van der Waals surface area contributed by atoms with Crippen molar-refractivity contribution in [2.75, 3.05) is 11.9 Å². The molecule has 0 saturated heterocycles. The Labute approximate surface area is 151 Å². The van der Waals surface area contributed by atoms with E-state index < -0.39 is 0 Å². The first-order chi connectivity index (χ1) is 12.8. The van der Waals surface area contributed by atoms with E-state index in [1.807, 2.05) is 24.3 Å². The third-order valence-electron chi connectivity index (χ3n) is 4.48. The summed E-state index contributed by atoms with van der Waals surface area (Å²) in [5, 5.41) is 10.5. The average molecular weight is 349 g/mol. The molecule has 1 amide bonds. The maximum absolute atomic E-state index is 12.2. The number of hydrogen-bond donors (Lipinski definition) is 1. The van der Waals surface area contributed by atoms with Gasteiger partial charge < -0.3 is 10.1 Å². The standard InChI is InChI=1S/C20H19N3O3/c24-18(13-25-17-8-2-1-3-9-17)21-20-19(22-26-23-20)16-11-10-14-6-4-5-7-15(14)12-16/h1-3,8-12H,4-7,13H2,(H,21,23,24). The van der Waals surface area contributed by atoms with Crippen molar-refractivity contribution in [1.82, 2.24) is 10.3 Å². The Kier molecular flexibility index (Phi) is 4.64. The van der Waals surface area contributed by atoms with Crippen LogP contribution >= 0.6 is 0 Å². The van der Waals surface area contributed by atoms with Gasteiger partial charge in [0.25, 0.3) is 5.91 Å². The number of rotatable bonds is 5. The molecule has 1 heterocycles. The van der Waals surface area contributed by atoms with E-state index >= 15 is 0 Å².